The molecule has 1 unspecified atom stereocenters. The van der Waals surface area contributed by atoms with Gasteiger partial charge in [-0.05, 0) is 24.1 Å². The lowest BCUT2D eigenvalue weighted by Crippen LogP contribution is -2.34. The van der Waals surface area contributed by atoms with Crippen LogP contribution in [0.5, 0.6) is 5.75 Å². The fraction of sp³-hybridized carbons (Fsp3) is 0.462. The van der Waals surface area contributed by atoms with Crippen LogP contribution in [-0.4, -0.2) is 26.1 Å². The summed E-state index contributed by atoms with van der Waals surface area (Å²) >= 11 is 0. The second-order valence-electron chi connectivity index (χ2n) is 4.03. The summed E-state index contributed by atoms with van der Waals surface area (Å²) in [5.41, 5.74) is 6.56. The number of hydrogen-bond donors (Lipinski definition) is 2. The lowest BCUT2D eigenvalue weighted by molar-refractivity contribution is -0.124. The number of carbonyl (C=O) groups excluding carboxylic acids is 1. The third kappa shape index (κ3) is 5.38. The molecular formula is C13H21ClN2O2. The first-order chi connectivity index (χ1) is 8.17. The molecule has 0 aromatic heterocycles. The molecule has 1 aromatic rings. The van der Waals surface area contributed by atoms with E-state index < -0.39 is 0 Å². The fourth-order valence-corrected chi connectivity index (χ4v) is 1.44. The molecule has 18 heavy (non-hydrogen) atoms. The zero-order valence-corrected chi connectivity index (χ0v) is 11.6. The summed E-state index contributed by atoms with van der Waals surface area (Å²) in [6.45, 7) is 2.82. The second kappa shape index (κ2) is 8.78. The van der Waals surface area contributed by atoms with E-state index in [1.807, 2.05) is 31.2 Å². The molecule has 0 saturated carbocycles. The second-order valence-corrected chi connectivity index (χ2v) is 4.03. The third-order valence-electron chi connectivity index (χ3n) is 2.65. The summed E-state index contributed by atoms with van der Waals surface area (Å²) in [7, 11) is 1.64. The highest BCUT2D eigenvalue weighted by Crippen LogP contribution is 2.12. The van der Waals surface area contributed by atoms with Crippen molar-refractivity contribution in [1.29, 1.82) is 0 Å². The minimum Gasteiger partial charge on any atom is -0.497 e. The number of nitrogens with one attached hydrogen (secondary N) is 1. The Morgan fingerprint density at radius 2 is 2.22 bits per heavy atom. The molecule has 0 fully saturated rings. The molecule has 4 nitrogen and oxygen atoms in total. The van der Waals surface area contributed by atoms with Gasteiger partial charge in [0.1, 0.15) is 5.75 Å². The lowest BCUT2D eigenvalue weighted by Gasteiger charge is -2.10. The molecule has 0 bridgehead atoms. The van der Waals surface area contributed by atoms with Gasteiger partial charge < -0.3 is 15.8 Å². The maximum absolute atomic E-state index is 11.5. The van der Waals surface area contributed by atoms with Crippen LogP contribution >= 0.6 is 12.4 Å². The Balaban J connectivity index is 0.00000289. The number of amides is 1. The molecule has 0 spiro atoms. The largest absolute Gasteiger partial charge is 0.497 e. The highest BCUT2D eigenvalue weighted by atomic mass is 35.5. The fourth-order valence-electron chi connectivity index (χ4n) is 1.44. The van der Waals surface area contributed by atoms with E-state index in [-0.39, 0.29) is 24.2 Å². The molecule has 0 saturated heterocycles. The van der Waals surface area contributed by atoms with E-state index >= 15 is 0 Å². The van der Waals surface area contributed by atoms with Crippen LogP contribution in [-0.2, 0) is 11.2 Å². The predicted octanol–water partition coefficient (Wildman–Crippen LogP) is 1.37. The monoisotopic (exact) mass is 272 g/mol. The van der Waals surface area contributed by atoms with Gasteiger partial charge in [0.25, 0.3) is 0 Å². The van der Waals surface area contributed by atoms with Crippen molar-refractivity contribution in [2.75, 3.05) is 20.2 Å². The average Bonchev–Trinajstić information content (AvgIpc) is 2.37. The zero-order valence-electron chi connectivity index (χ0n) is 10.8. The van der Waals surface area contributed by atoms with E-state index in [0.29, 0.717) is 13.1 Å². The molecule has 5 heteroatoms. The van der Waals surface area contributed by atoms with E-state index in [2.05, 4.69) is 5.32 Å². The SMILES string of the molecule is COc1cccc(CCNC(=O)C(C)CN)c1.Cl. The van der Waals surface area contributed by atoms with Crippen molar-refractivity contribution in [3.05, 3.63) is 29.8 Å². The topological polar surface area (TPSA) is 64.3 Å². The van der Waals surface area contributed by atoms with Crippen molar-refractivity contribution >= 4 is 18.3 Å². The van der Waals surface area contributed by atoms with Crippen molar-refractivity contribution in [2.24, 2.45) is 11.7 Å². The number of rotatable bonds is 6. The summed E-state index contributed by atoms with van der Waals surface area (Å²) in [4.78, 5) is 11.5. The van der Waals surface area contributed by atoms with Crippen LogP contribution in [0.3, 0.4) is 0 Å². The molecule has 0 aliphatic carbocycles. The molecule has 1 aromatic carbocycles. The van der Waals surface area contributed by atoms with Gasteiger partial charge in [-0.2, -0.15) is 0 Å². The number of hydrogen-bond acceptors (Lipinski definition) is 3. The number of benzene rings is 1. The van der Waals surface area contributed by atoms with Crippen LogP contribution in [0.2, 0.25) is 0 Å². The Morgan fingerprint density at radius 3 is 2.83 bits per heavy atom. The summed E-state index contributed by atoms with van der Waals surface area (Å²) in [5.74, 6) is 0.722. The molecule has 102 valence electrons. The normalized spacial score (nSPS) is 11.3. The quantitative estimate of drug-likeness (QED) is 0.822. The number of nitrogens with two attached hydrogens (primary N) is 1. The lowest BCUT2D eigenvalue weighted by atomic mass is 10.1. The smallest absolute Gasteiger partial charge is 0.224 e. The van der Waals surface area contributed by atoms with Gasteiger partial charge in [-0.3, -0.25) is 4.79 Å². The number of halogens is 1. The van der Waals surface area contributed by atoms with Crippen LogP contribution < -0.4 is 15.8 Å². The molecular weight excluding hydrogens is 252 g/mol. The van der Waals surface area contributed by atoms with Gasteiger partial charge in [0.05, 0.1) is 7.11 Å². The minimum absolute atomic E-state index is 0. The molecule has 1 atom stereocenters. The molecule has 3 N–H and O–H groups in total. The number of ether oxygens (including phenoxy) is 1. The van der Waals surface area contributed by atoms with Gasteiger partial charge in [-0.1, -0.05) is 19.1 Å². The first-order valence-electron chi connectivity index (χ1n) is 5.78. The molecule has 0 aliphatic rings. The van der Waals surface area contributed by atoms with Gasteiger partial charge in [0, 0.05) is 19.0 Å². The summed E-state index contributed by atoms with van der Waals surface area (Å²) in [6.07, 6.45) is 0.792. The Hall–Kier alpha value is -1.26. The molecule has 1 rings (SSSR count). The van der Waals surface area contributed by atoms with Crippen LogP contribution in [0.1, 0.15) is 12.5 Å². The van der Waals surface area contributed by atoms with Crippen LogP contribution in [0.25, 0.3) is 0 Å². The first kappa shape index (κ1) is 16.7. The highest BCUT2D eigenvalue weighted by molar-refractivity contribution is 5.85. The van der Waals surface area contributed by atoms with Crippen LogP contribution in [0.15, 0.2) is 24.3 Å². The number of carbonyl (C=O) groups is 1. The third-order valence-corrected chi connectivity index (χ3v) is 2.65. The van der Waals surface area contributed by atoms with E-state index in [1.54, 1.807) is 7.11 Å². The Kier molecular flexibility index (Phi) is 8.16. The minimum atomic E-state index is -0.125. The summed E-state index contributed by atoms with van der Waals surface area (Å²) in [6, 6.07) is 7.83. The van der Waals surface area contributed by atoms with Crippen LogP contribution in [0, 0.1) is 5.92 Å². The standard InChI is InChI=1S/C13H20N2O2.ClH/c1-10(9-14)13(16)15-7-6-11-4-3-5-12(8-11)17-2;/h3-5,8,10H,6-7,9,14H2,1-2H3,(H,15,16);1H. The van der Waals surface area contributed by atoms with Gasteiger partial charge in [0.2, 0.25) is 5.91 Å². The van der Waals surface area contributed by atoms with E-state index in [0.717, 1.165) is 17.7 Å². The zero-order chi connectivity index (χ0) is 12.7. The van der Waals surface area contributed by atoms with E-state index in [9.17, 15) is 4.79 Å². The summed E-state index contributed by atoms with van der Waals surface area (Å²) < 4.78 is 5.13. The summed E-state index contributed by atoms with van der Waals surface area (Å²) in [5, 5.41) is 2.86. The average molecular weight is 273 g/mol. The maximum atomic E-state index is 11.5. The number of methoxy groups -OCH3 is 1. The van der Waals surface area contributed by atoms with Gasteiger partial charge in [0.15, 0.2) is 0 Å². The van der Waals surface area contributed by atoms with Gasteiger partial charge in [-0.15, -0.1) is 12.4 Å². The van der Waals surface area contributed by atoms with Crippen molar-refractivity contribution in [1.82, 2.24) is 5.32 Å². The van der Waals surface area contributed by atoms with Gasteiger partial charge in [-0.25, -0.2) is 0 Å². The van der Waals surface area contributed by atoms with Crippen molar-refractivity contribution in [3.63, 3.8) is 0 Å². The Bertz CT molecular complexity index is 372. The molecule has 0 aliphatic heterocycles. The highest BCUT2D eigenvalue weighted by Gasteiger charge is 2.09. The first-order valence-corrected chi connectivity index (χ1v) is 5.78. The Labute approximate surface area is 114 Å². The van der Waals surface area contributed by atoms with Crippen molar-refractivity contribution in [2.45, 2.75) is 13.3 Å². The van der Waals surface area contributed by atoms with E-state index in [4.69, 9.17) is 10.5 Å². The van der Waals surface area contributed by atoms with Gasteiger partial charge >= 0.3 is 0 Å². The van der Waals surface area contributed by atoms with Crippen LogP contribution in [0.4, 0.5) is 0 Å². The Morgan fingerprint density at radius 1 is 1.50 bits per heavy atom. The van der Waals surface area contributed by atoms with E-state index in [1.165, 1.54) is 0 Å². The molecule has 0 heterocycles. The maximum Gasteiger partial charge on any atom is 0.224 e. The predicted molar refractivity (Wildman–Crippen MR) is 75.2 cm³/mol. The molecule has 0 radical (unpaired) electrons. The van der Waals surface area contributed by atoms with Crippen molar-refractivity contribution < 1.29 is 9.53 Å². The van der Waals surface area contributed by atoms with Crippen molar-refractivity contribution in [3.8, 4) is 5.75 Å². The molecule has 1 amide bonds.